The van der Waals surface area contributed by atoms with Crippen molar-refractivity contribution < 1.29 is 14.3 Å². The van der Waals surface area contributed by atoms with Crippen molar-refractivity contribution in [1.82, 2.24) is 4.98 Å². The second-order valence-corrected chi connectivity index (χ2v) is 8.13. The number of thiazole rings is 1. The molecule has 0 spiro atoms. The summed E-state index contributed by atoms with van der Waals surface area (Å²) >= 11 is 1.37. The van der Waals surface area contributed by atoms with Crippen LogP contribution in [0.3, 0.4) is 0 Å². The average Bonchev–Trinajstić information content (AvgIpc) is 3.46. The fraction of sp³-hybridized carbons (Fsp3) is 0.450. The van der Waals surface area contributed by atoms with Gasteiger partial charge in [-0.1, -0.05) is 6.07 Å². The normalized spacial score (nSPS) is 22.8. The van der Waals surface area contributed by atoms with Gasteiger partial charge in [0.15, 0.2) is 5.01 Å². The third-order valence-corrected chi connectivity index (χ3v) is 6.63. The molecule has 1 N–H and O–H groups in total. The van der Waals surface area contributed by atoms with Gasteiger partial charge in [0, 0.05) is 17.3 Å². The van der Waals surface area contributed by atoms with Gasteiger partial charge in [-0.15, -0.1) is 11.3 Å². The maximum atomic E-state index is 12.5. The highest BCUT2D eigenvalue weighted by atomic mass is 32.1. The van der Waals surface area contributed by atoms with Crippen LogP contribution in [-0.2, 0) is 45.6 Å². The highest BCUT2D eigenvalue weighted by molar-refractivity contribution is 7.09. The number of esters is 1. The number of benzene rings is 1. The van der Waals surface area contributed by atoms with Crippen LogP contribution in [0.25, 0.3) is 0 Å². The number of carbonyl (C=O) groups excluding carboxylic acids is 1. The zero-order valence-electron chi connectivity index (χ0n) is 15.2. The second-order valence-electron chi connectivity index (χ2n) is 7.24. The number of fused-ring (bicyclic) bond motifs is 2. The molecule has 2 aromatic rings. The summed E-state index contributed by atoms with van der Waals surface area (Å²) in [7, 11) is 1.36. The Kier molecular flexibility index (Phi) is 3.93. The quantitative estimate of drug-likeness (QED) is 0.825. The molecule has 1 unspecified atom stereocenters. The standard InChI is InChI=1S/C20H21N3O3S/c1-25-18(24)20(17-21-8-9-27-17)11-22-19(26-20)23-16-14-6-2-4-12(14)10-13-5-3-7-15(13)16/h8-10H,2-7,11H2,1H3,(H,22,23). The minimum absolute atomic E-state index is 0.173. The Morgan fingerprint density at radius 2 is 1.96 bits per heavy atom. The fourth-order valence-corrected chi connectivity index (χ4v) is 5.20. The lowest BCUT2D eigenvalue weighted by Gasteiger charge is -2.24. The van der Waals surface area contributed by atoms with E-state index in [4.69, 9.17) is 9.47 Å². The Hall–Kier alpha value is -2.41. The summed E-state index contributed by atoms with van der Waals surface area (Å²) < 4.78 is 11.1. The smallest absolute Gasteiger partial charge is 0.359 e. The van der Waals surface area contributed by atoms with Crippen LogP contribution >= 0.6 is 11.3 Å². The van der Waals surface area contributed by atoms with Crippen LogP contribution in [0.4, 0.5) is 5.69 Å². The molecule has 0 fully saturated rings. The molecule has 2 heterocycles. The van der Waals surface area contributed by atoms with Crippen LogP contribution in [-0.4, -0.2) is 30.6 Å². The van der Waals surface area contributed by atoms with Crippen molar-refractivity contribution in [3.05, 3.63) is 44.9 Å². The number of aryl methyl sites for hydroxylation is 2. The first-order valence-corrected chi connectivity index (χ1v) is 10.2. The van der Waals surface area contributed by atoms with Crippen LogP contribution in [0.5, 0.6) is 0 Å². The van der Waals surface area contributed by atoms with Gasteiger partial charge in [0.1, 0.15) is 6.54 Å². The molecule has 27 heavy (non-hydrogen) atoms. The maximum Gasteiger partial charge on any atom is 0.359 e. The molecule has 7 heteroatoms. The molecule has 0 amide bonds. The van der Waals surface area contributed by atoms with Crippen molar-refractivity contribution in [3.63, 3.8) is 0 Å². The van der Waals surface area contributed by atoms with E-state index in [1.165, 1.54) is 53.5 Å². The molecular weight excluding hydrogens is 362 g/mol. The maximum absolute atomic E-state index is 12.5. The van der Waals surface area contributed by atoms with Crippen molar-refractivity contribution in [2.45, 2.75) is 44.1 Å². The van der Waals surface area contributed by atoms with E-state index in [1.54, 1.807) is 6.20 Å². The summed E-state index contributed by atoms with van der Waals surface area (Å²) in [5.74, 6) is -0.471. The number of ether oxygens (including phenoxy) is 2. The van der Waals surface area contributed by atoms with Crippen molar-refractivity contribution in [3.8, 4) is 0 Å². The van der Waals surface area contributed by atoms with Gasteiger partial charge < -0.3 is 14.8 Å². The molecule has 0 saturated heterocycles. The fourth-order valence-electron chi connectivity index (χ4n) is 4.44. The Morgan fingerprint density at radius 1 is 1.22 bits per heavy atom. The number of aliphatic imine (C=N–C) groups is 1. The summed E-state index contributed by atoms with van der Waals surface area (Å²) in [5.41, 5.74) is 5.51. The van der Waals surface area contributed by atoms with Gasteiger partial charge in [0.05, 0.1) is 7.11 Å². The lowest BCUT2D eigenvalue weighted by atomic mass is 9.99. The molecule has 140 valence electrons. The summed E-state index contributed by atoms with van der Waals surface area (Å²) in [5, 5.41) is 5.83. The molecule has 5 rings (SSSR count). The van der Waals surface area contributed by atoms with Gasteiger partial charge in [-0.25, -0.2) is 14.8 Å². The monoisotopic (exact) mass is 383 g/mol. The Morgan fingerprint density at radius 3 is 2.59 bits per heavy atom. The van der Waals surface area contributed by atoms with E-state index in [9.17, 15) is 4.79 Å². The Labute approximate surface area is 161 Å². The molecule has 1 aromatic heterocycles. The predicted molar refractivity (Wildman–Crippen MR) is 103 cm³/mol. The van der Waals surface area contributed by atoms with Crippen LogP contribution in [0.15, 0.2) is 22.6 Å². The minimum Gasteiger partial charge on any atom is -0.466 e. The highest BCUT2D eigenvalue weighted by Crippen LogP contribution is 2.40. The molecule has 1 aliphatic heterocycles. The number of nitrogens with one attached hydrogen (secondary N) is 1. The van der Waals surface area contributed by atoms with Crippen molar-refractivity contribution >= 4 is 29.0 Å². The van der Waals surface area contributed by atoms with Gasteiger partial charge in [-0.2, -0.15) is 0 Å². The molecule has 6 nitrogen and oxygen atoms in total. The molecule has 0 bridgehead atoms. The first kappa shape index (κ1) is 16.7. The number of hydrogen-bond donors (Lipinski definition) is 1. The minimum atomic E-state index is -1.29. The number of anilines is 1. The van der Waals surface area contributed by atoms with Crippen molar-refractivity contribution in [2.24, 2.45) is 4.99 Å². The highest BCUT2D eigenvalue weighted by Gasteiger charge is 2.51. The van der Waals surface area contributed by atoms with E-state index in [0.717, 1.165) is 31.4 Å². The van der Waals surface area contributed by atoms with Crippen LogP contribution < -0.4 is 5.32 Å². The van der Waals surface area contributed by atoms with E-state index in [2.05, 4.69) is 21.4 Å². The van der Waals surface area contributed by atoms with Crippen molar-refractivity contribution in [2.75, 3.05) is 19.0 Å². The van der Waals surface area contributed by atoms with Gasteiger partial charge >= 0.3 is 5.97 Å². The van der Waals surface area contributed by atoms with Crippen LogP contribution in [0.2, 0.25) is 0 Å². The molecule has 3 aliphatic rings. The molecular formula is C20H21N3O3S. The summed E-state index contributed by atoms with van der Waals surface area (Å²) in [6, 6.07) is 2.77. The van der Waals surface area contributed by atoms with Gasteiger partial charge in [0.2, 0.25) is 0 Å². The third kappa shape index (κ3) is 2.56. The number of carbonyl (C=O) groups is 1. The molecule has 1 atom stereocenters. The van der Waals surface area contributed by atoms with E-state index < -0.39 is 11.6 Å². The molecule has 1 aromatic carbocycles. The van der Waals surface area contributed by atoms with Crippen LogP contribution in [0, 0.1) is 0 Å². The second kappa shape index (κ2) is 6.34. The van der Waals surface area contributed by atoms with E-state index >= 15 is 0 Å². The predicted octanol–water partition coefficient (Wildman–Crippen LogP) is 2.99. The van der Waals surface area contributed by atoms with Gasteiger partial charge in [-0.3, -0.25) is 0 Å². The van der Waals surface area contributed by atoms with E-state index in [1.807, 2.05) is 5.38 Å². The molecule has 2 aliphatic carbocycles. The zero-order chi connectivity index (χ0) is 18.4. The van der Waals surface area contributed by atoms with E-state index in [-0.39, 0.29) is 6.54 Å². The largest absolute Gasteiger partial charge is 0.466 e. The van der Waals surface area contributed by atoms with E-state index in [0.29, 0.717) is 11.0 Å². The Balaban J connectivity index is 1.48. The van der Waals surface area contributed by atoms with Crippen molar-refractivity contribution in [1.29, 1.82) is 0 Å². The topological polar surface area (TPSA) is 72.8 Å². The zero-order valence-corrected chi connectivity index (χ0v) is 16.0. The number of methoxy groups -OCH3 is 1. The average molecular weight is 383 g/mol. The number of nitrogens with zero attached hydrogens (tertiary/aromatic N) is 2. The Bertz CT molecular complexity index is 906. The van der Waals surface area contributed by atoms with Gasteiger partial charge in [-0.05, 0) is 60.8 Å². The third-order valence-electron chi connectivity index (χ3n) is 5.71. The molecule has 0 saturated carbocycles. The SMILES string of the molecule is COC(=O)C1(c2nccs2)CN=C(Nc2c3c(cc4c2CCC4)CCC3)O1. The van der Waals surface area contributed by atoms with Crippen LogP contribution in [0.1, 0.15) is 40.1 Å². The number of aromatic nitrogens is 1. The number of hydrogen-bond acceptors (Lipinski definition) is 7. The first-order valence-electron chi connectivity index (χ1n) is 9.36. The first-order chi connectivity index (χ1) is 13.2. The lowest BCUT2D eigenvalue weighted by molar-refractivity contribution is -0.159. The summed E-state index contributed by atoms with van der Waals surface area (Å²) in [6.45, 7) is 0.173. The lowest BCUT2D eigenvalue weighted by Crippen LogP contribution is -2.41. The number of amidine groups is 1. The molecule has 0 radical (unpaired) electrons. The van der Waals surface area contributed by atoms with Gasteiger partial charge in [0.25, 0.3) is 11.6 Å². The number of rotatable bonds is 3. The summed E-state index contributed by atoms with van der Waals surface area (Å²) in [4.78, 5) is 21.3. The summed E-state index contributed by atoms with van der Waals surface area (Å²) in [6.07, 6.45) is 8.46.